The van der Waals surface area contributed by atoms with Crippen molar-refractivity contribution in [1.29, 1.82) is 0 Å². The normalized spacial score (nSPS) is 18.8. The smallest absolute Gasteiger partial charge is 0.309 e. The Bertz CT molecular complexity index is 110. The van der Waals surface area contributed by atoms with Crippen LogP contribution in [0.25, 0.3) is 0 Å². The summed E-state index contributed by atoms with van der Waals surface area (Å²) in [6.45, 7) is 0. The van der Waals surface area contributed by atoms with E-state index in [1.54, 1.807) is 0 Å². The molecule has 0 aromatic carbocycles. The molecule has 0 radical (unpaired) electrons. The maximum Gasteiger partial charge on any atom is 0.309 e. The van der Waals surface area contributed by atoms with Crippen molar-refractivity contribution in [1.82, 2.24) is 0 Å². The molecule has 1 fully saturated rings. The number of ether oxygens (including phenoxy) is 1. The molecule has 1 saturated carbocycles. The lowest BCUT2D eigenvalue weighted by molar-refractivity contribution is -0.148. The summed E-state index contributed by atoms with van der Waals surface area (Å²) in [6, 6.07) is 0. The molecule has 2 nitrogen and oxygen atoms in total. The Morgan fingerprint density at radius 2 is 2.33 bits per heavy atom. The first-order valence-corrected chi connectivity index (χ1v) is 4.59. The van der Waals surface area contributed by atoms with Gasteiger partial charge in [-0.15, -0.1) is 0 Å². The zero-order chi connectivity index (χ0) is 6.69. The third-order valence-corrected chi connectivity index (χ3v) is 1.95. The number of halogens is 1. The average molecular weight is 240 g/mol. The van der Waals surface area contributed by atoms with Gasteiger partial charge in [0, 0.05) is 0 Å². The van der Waals surface area contributed by atoms with E-state index in [9.17, 15) is 4.79 Å². The van der Waals surface area contributed by atoms with E-state index < -0.39 is 0 Å². The molecule has 0 unspecified atom stereocenters. The van der Waals surface area contributed by atoms with Crippen LogP contribution < -0.4 is 0 Å². The van der Waals surface area contributed by atoms with E-state index in [4.69, 9.17) is 4.74 Å². The van der Waals surface area contributed by atoms with Gasteiger partial charge in [0.2, 0.25) is 0 Å². The summed E-state index contributed by atoms with van der Waals surface area (Å²) < 4.78 is 5.29. The van der Waals surface area contributed by atoms with Crippen molar-refractivity contribution in [3.8, 4) is 0 Å². The summed E-state index contributed by atoms with van der Waals surface area (Å²) >= 11 is 2.03. The molecule has 0 saturated heterocycles. The second-order valence-corrected chi connectivity index (χ2v) is 2.82. The molecule has 52 valence electrons. The molecular formula is C6H9IO2. The van der Waals surface area contributed by atoms with Crippen molar-refractivity contribution in [2.24, 2.45) is 5.92 Å². The van der Waals surface area contributed by atoms with Crippen LogP contribution in [0, 0.1) is 5.92 Å². The van der Waals surface area contributed by atoms with E-state index in [1.807, 2.05) is 22.6 Å². The molecule has 1 aliphatic carbocycles. The fourth-order valence-corrected chi connectivity index (χ4v) is 1.12. The first-order valence-electron chi connectivity index (χ1n) is 3.07. The molecule has 1 aliphatic rings. The van der Waals surface area contributed by atoms with E-state index in [1.165, 1.54) is 6.42 Å². The van der Waals surface area contributed by atoms with Gasteiger partial charge in [0.15, 0.2) is 0 Å². The standard InChI is InChI=1S/C6H9IO2/c7-4-9-6(8)5-2-1-3-5/h5H,1-4H2. The molecular weight excluding hydrogens is 231 g/mol. The lowest BCUT2D eigenvalue weighted by Crippen LogP contribution is -2.23. The van der Waals surface area contributed by atoms with Crippen LogP contribution in [0.3, 0.4) is 0 Å². The Morgan fingerprint density at radius 3 is 2.67 bits per heavy atom. The molecule has 3 heteroatoms. The maximum absolute atomic E-state index is 10.8. The van der Waals surface area contributed by atoms with Gasteiger partial charge < -0.3 is 4.74 Å². The van der Waals surface area contributed by atoms with Crippen molar-refractivity contribution in [3.63, 3.8) is 0 Å². The lowest BCUT2D eigenvalue weighted by atomic mass is 9.86. The minimum atomic E-state index is -0.00403. The highest BCUT2D eigenvalue weighted by molar-refractivity contribution is 14.1. The summed E-state index contributed by atoms with van der Waals surface area (Å²) in [6.07, 6.45) is 3.27. The van der Waals surface area contributed by atoms with Crippen molar-refractivity contribution in [2.75, 3.05) is 4.61 Å². The summed E-state index contributed by atoms with van der Waals surface area (Å²) in [4.78, 5) is 10.8. The summed E-state index contributed by atoms with van der Waals surface area (Å²) in [5.74, 6) is 0.232. The second-order valence-electron chi connectivity index (χ2n) is 2.20. The number of rotatable bonds is 2. The van der Waals surface area contributed by atoms with E-state index in [0.717, 1.165) is 12.8 Å². The van der Waals surface area contributed by atoms with Crippen LogP contribution in [0.15, 0.2) is 0 Å². The highest BCUT2D eigenvalue weighted by Gasteiger charge is 2.25. The van der Waals surface area contributed by atoms with Crippen LogP contribution in [-0.4, -0.2) is 10.6 Å². The number of carbonyl (C=O) groups is 1. The number of hydrogen-bond donors (Lipinski definition) is 0. The average Bonchev–Trinajstić information content (AvgIpc) is 1.60. The predicted octanol–water partition coefficient (Wildman–Crippen LogP) is 1.72. The van der Waals surface area contributed by atoms with Crippen LogP contribution in [0.5, 0.6) is 0 Å². The number of alkyl halides is 1. The Kier molecular flexibility index (Phi) is 2.75. The van der Waals surface area contributed by atoms with Crippen molar-refractivity contribution in [2.45, 2.75) is 19.3 Å². The SMILES string of the molecule is O=C(OCI)C1CCC1. The topological polar surface area (TPSA) is 26.3 Å². The van der Waals surface area contributed by atoms with Gasteiger partial charge in [0.1, 0.15) is 4.61 Å². The summed E-state index contributed by atoms with van der Waals surface area (Å²) in [5.41, 5.74) is 0. The Balaban J connectivity index is 2.16. The van der Waals surface area contributed by atoms with E-state index in [2.05, 4.69) is 0 Å². The van der Waals surface area contributed by atoms with Crippen molar-refractivity contribution < 1.29 is 9.53 Å². The van der Waals surface area contributed by atoms with E-state index in [-0.39, 0.29) is 11.9 Å². The molecule has 0 aromatic rings. The van der Waals surface area contributed by atoms with Gasteiger partial charge in [-0.2, -0.15) is 0 Å². The highest BCUT2D eigenvalue weighted by Crippen LogP contribution is 2.27. The predicted molar refractivity (Wildman–Crippen MR) is 42.3 cm³/mol. The Labute approximate surface area is 68.1 Å². The molecule has 0 aliphatic heterocycles. The van der Waals surface area contributed by atoms with Gasteiger partial charge in [0.05, 0.1) is 5.92 Å². The minimum absolute atomic E-state index is 0.00403. The maximum atomic E-state index is 10.8. The molecule has 0 bridgehead atoms. The molecule has 0 aromatic heterocycles. The third-order valence-electron chi connectivity index (χ3n) is 1.64. The van der Waals surface area contributed by atoms with E-state index >= 15 is 0 Å². The quantitative estimate of drug-likeness (QED) is 0.417. The van der Waals surface area contributed by atoms with Gasteiger partial charge in [-0.25, -0.2) is 0 Å². The number of esters is 1. The summed E-state index contributed by atoms with van der Waals surface area (Å²) in [7, 11) is 0. The van der Waals surface area contributed by atoms with Crippen LogP contribution in [-0.2, 0) is 9.53 Å². The fourth-order valence-electron chi connectivity index (χ4n) is 0.816. The van der Waals surface area contributed by atoms with Crippen molar-refractivity contribution in [3.05, 3.63) is 0 Å². The van der Waals surface area contributed by atoms with Crippen LogP contribution in [0.1, 0.15) is 19.3 Å². The van der Waals surface area contributed by atoms with Crippen LogP contribution >= 0.6 is 22.6 Å². The third kappa shape index (κ3) is 1.81. The summed E-state index contributed by atoms with van der Waals surface area (Å²) in [5, 5.41) is 0. The molecule has 0 amide bonds. The second kappa shape index (κ2) is 3.39. The molecule has 0 atom stereocenters. The zero-order valence-corrected chi connectivity index (χ0v) is 7.26. The molecule has 0 heterocycles. The molecule has 0 N–H and O–H groups in total. The van der Waals surface area contributed by atoms with Crippen molar-refractivity contribution >= 4 is 28.6 Å². The van der Waals surface area contributed by atoms with Gasteiger partial charge in [-0.3, -0.25) is 4.79 Å². The largest absolute Gasteiger partial charge is 0.455 e. The minimum Gasteiger partial charge on any atom is -0.455 e. The number of carbonyl (C=O) groups excluding carboxylic acids is 1. The molecule has 1 rings (SSSR count). The van der Waals surface area contributed by atoms with Gasteiger partial charge >= 0.3 is 5.97 Å². The molecule has 9 heavy (non-hydrogen) atoms. The zero-order valence-electron chi connectivity index (χ0n) is 5.10. The van der Waals surface area contributed by atoms with E-state index in [0.29, 0.717) is 4.61 Å². The highest BCUT2D eigenvalue weighted by atomic mass is 127. The van der Waals surface area contributed by atoms with Crippen LogP contribution in [0.4, 0.5) is 0 Å². The lowest BCUT2D eigenvalue weighted by Gasteiger charge is -2.22. The fraction of sp³-hybridized carbons (Fsp3) is 0.833. The number of hydrogen-bond acceptors (Lipinski definition) is 2. The van der Waals surface area contributed by atoms with Gasteiger partial charge in [0.25, 0.3) is 0 Å². The molecule has 0 spiro atoms. The Hall–Kier alpha value is 0.200. The van der Waals surface area contributed by atoms with Crippen LogP contribution in [0.2, 0.25) is 0 Å². The monoisotopic (exact) mass is 240 g/mol. The van der Waals surface area contributed by atoms with Gasteiger partial charge in [-0.1, -0.05) is 6.42 Å². The first-order chi connectivity index (χ1) is 4.34. The van der Waals surface area contributed by atoms with Gasteiger partial charge in [-0.05, 0) is 35.4 Å². The Morgan fingerprint density at radius 1 is 1.67 bits per heavy atom. The first kappa shape index (κ1) is 7.31.